The number of nitrogens with zero attached hydrogens (tertiary/aromatic N) is 2. The first kappa shape index (κ1) is 24.7. The highest BCUT2D eigenvalue weighted by Gasteiger charge is 2.36. The van der Waals surface area contributed by atoms with Crippen LogP contribution in [0.15, 0.2) is 41.0 Å². The Hall–Kier alpha value is -1.92. The number of esters is 1. The third-order valence-electron chi connectivity index (χ3n) is 5.85. The molecule has 2 aromatic rings. The highest BCUT2D eigenvalue weighted by Crippen LogP contribution is 2.42. The SMILES string of the molecule is Cc1ncc(Br)c(N2CCC(C)(C)CC2)c1[C@H](OC(C)(C)C)C(=O)OCc1ccccc1. The Morgan fingerprint density at radius 2 is 1.81 bits per heavy atom. The molecule has 1 fully saturated rings. The molecule has 0 N–H and O–H groups in total. The number of anilines is 1. The standard InChI is InChI=1S/C26H35BrN2O3/c1-18-21(22(20(27)16-28-18)29-14-12-26(5,6)13-15-29)23(32-25(2,3)4)24(30)31-17-19-10-8-7-9-11-19/h7-11,16,23H,12-15,17H2,1-6H3/t23-/m0/s1. The summed E-state index contributed by atoms with van der Waals surface area (Å²) in [6.45, 7) is 14.5. The number of hydrogen-bond acceptors (Lipinski definition) is 5. The Labute approximate surface area is 200 Å². The van der Waals surface area contributed by atoms with E-state index in [9.17, 15) is 4.79 Å². The molecule has 1 aliphatic rings. The molecule has 0 saturated carbocycles. The minimum absolute atomic E-state index is 0.206. The number of benzene rings is 1. The van der Waals surface area contributed by atoms with Gasteiger partial charge in [0.1, 0.15) is 6.61 Å². The maximum atomic E-state index is 13.4. The molecule has 1 atom stereocenters. The van der Waals surface area contributed by atoms with Crippen molar-refractivity contribution >= 4 is 27.6 Å². The predicted octanol–water partition coefficient (Wildman–Crippen LogP) is 6.38. The number of aromatic nitrogens is 1. The molecule has 1 aromatic carbocycles. The number of pyridine rings is 1. The van der Waals surface area contributed by atoms with Gasteiger partial charge in [0.2, 0.25) is 0 Å². The van der Waals surface area contributed by atoms with Gasteiger partial charge in [0.05, 0.1) is 15.8 Å². The first-order valence-corrected chi connectivity index (χ1v) is 12.0. The summed E-state index contributed by atoms with van der Waals surface area (Å²) in [5, 5.41) is 0. The van der Waals surface area contributed by atoms with Crippen molar-refractivity contribution in [2.75, 3.05) is 18.0 Å². The van der Waals surface area contributed by atoms with Gasteiger partial charge in [-0.2, -0.15) is 0 Å². The third kappa shape index (κ3) is 6.32. The first-order valence-electron chi connectivity index (χ1n) is 11.3. The fourth-order valence-electron chi connectivity index (χ4n) is 3.94. The van der Waals surface area contributed by atoms with E-state index < -0.39 is 17.7 Å². The zero-order valence-corrected chi connectivity index (χ0v) is 21.7. The van der Waals surface area contributed by atoms with Gasteiger partial charge >= 0.3 is 5.97 Å². The number of carbonyl (C=O) groups excluding carboxylic acids is 1. The largest absolute Gasteiger partial charge is 0.459 e. The molecule has 1 aromatic heterocycles. The molecule has 32 heavy (non-hydrogen) atoms. The number of hydrogen-bond donors (Lipinski definition) is 0. The molecule has 2 heterocycles. The molecule has 0 bridgehead atoms. The summed E-state index contributed by atoms with van der Waals surface area (Å²) in [6.07, 6.45) is 3.12. The highest BCUT2D eigenvalue weighted by molar-refractivity contribution is 9.10. The van der Waals surface area contributed by atoms with E-state index >= 15 is 0 Å². The Balaban J connectivity index is 1.96. The second-order valence-corrected chi connectivity index (χ2v) is 11.2. The molecule has 0 amide bonds. The van der Waals surface area contributed by atoms with Crippen molar-refractivity contribution in [2.45, 2.75) is 72.7 Å². The van der Waals surface area contributed by atoms with Gasteiger partial charge in [-0.1, -0.05) is 44.2 Å². The van der Waals surface area contributed by atoms with Crippen LogP contribution in [-0.2, 0) is 20.9 Å². The topological polar surface area (TPSA) is 51.7 Å². The Kier molecular flexibility index (Phi) is 7.66. The normalized spacial score (nSPS) is 17.2. The quantitative estimate of drug-likeness (QED) is 0.429. The maximum absolute atomic E-state index is 13.4. The molecule has 1 aliphatic heterocycles. The van der Waals surface area contributed by atoms with Gasteiger partial charge in [0, 0.05) is 30.5 Å². The summed E-state index contributed by atoms with van der Waals surface area (Å²) in [6, 6.07) is 9.70. The fraction of sp³-hybridized carbons (Fsp3) is 0.538. The Bertz CT molecular complexity index is 928. The monoisotopic (exact) mass is 502 g/mol. The second-order valence-electron chi connectivity index (χ2n) is 10.3. The molecular weight excluding hydrogens is 468 g/mol. The number of halogens is 1. The van der Waals surface area contributed by atoms with E-state index in [1.807, 2.05) is 64.2 Å². The van der Waals surface area contributed by atoms with Gasteiger partial charge in [0.25, 0.3) is 0 Å². The van der Waals surface area contributed by atoms with Crippen molar-refractivity contribution in [2.24, 2.45) is 5.41 Å². The van der Waals surface area contributed by atoms with E-state index in [1.54, 1.807) is 0 Å². The number of carbonyl (C=O) groups is 1. The van der Waals surface area contributed by atoms with E-state index in [-0.39, 0.29) is 6.61 Å². The van der Waals surface area contributed by atoms with Gasteiger partial charge < -0.3 is 14.4 Å². The Morgan fingerprint density at radius 3 is 2.41 bits per heavy atom. The van der Waals surface area contributed by atoms with Crippen LogP contribution in [0.25, 0.3) is 0 Å². The van der Waals surface area contributed by atoms with Crippen LogP contribution in [0.2, 0.25) is 0 Å². The lowest BCUT2D eigenvalue weighted by atomic mass is 9.82. The van der Waals surface area contributed by atoms with Crippen molar-refractivity contribution in [1.29, 1.82) is 0 Å². The molecule has 0 aliphatic carbocycles. The van der Waals surface area contributed by atoms with E-state index in [0.29, 0.717) is 5.41 Å². The lowest BCUT2D eigenvalue weighted by Crippen LogP contribution is -2.39. The zero-order valence-electron chi connectivity index (χ0n) is 20.1. The first-order chi connectivity index (χ1) is 15.0. The summed E-state index contributed by atoms with van der Waals surface area (Å²) < 4.78 is 12.9. The third-order valence-corrected chi connectivity index (χ3v) is 6.43. The number of ether oxygens (including phenoxy) is 2. The van der Waals surface area contributed by atoms with Crippen LogP contribution < -0.4 is 4.90 Å². The molecule has 0 unspecified atom stereocenters. The zero-order chi connectivity index (χ0) is 23.5. The average Bonchev–Trinajstić information content (AvgIpc) is 2.72. The van der Waals surface area contributed by atoms with Gasteiger partial charge in [-0.3, -0.25) is 4.98 Å². The maximum Gasteiger partial charge on any atom is 0.340 e. The molecule has 6 heteroatoms. The summed E-state index contributed by atoms with van der Waals surface area (Å²) in [5.74, 6) is -0.398. The van der Waals surface area contributed by atoms with E-state index in [2.05, 4.69) is 39.7 Å². The number of rotatable bonds is 6. The van der Waals surface area contributed by atoms with Crippen LogP contribution in [0.4, 0.5) is 5.69 Å². The molecule has 1 saturated heterocycles. The molecule has 0 spiro atoms. The van der Waals surface area contributed by atoms with E-state index in [0.717, 1.165) is 52.9 Å². The lowest BCUT2D eigenvalue weighted by Gasteiger charge is -2.40. The summed E-state index contributed by atoms with van der Waals surface area (Å²) in [7, 11) is 0. The van der Waals surface area contributed by atoms with Crippen LogP contribution >= 0.6 is 15.9 Å². The fourth-order valence-corrected chi connectivity index (χ4v) is 4.50. The van der Waals surface area contributed by atoms with E-state index in [1.165, 1.54) is 0 Å². The van der Waals surface area contributed by atoms with Gasteiger partial charge in [-0.05, 0) is 67.4 Å². The molecule has 174 valence electrons. The second kappa shape index (κ2) is 9.92. The molecule has 0 radical (unpaired) electrons. The number of aryl methyl sites for hydroxylation is 1. The lowest BCUT2D eigenvalue weighted by molar-refractivity contribution is -0.168. The summed E-state index contributed by atoms with van der Waals surface area (Å²) >= 11 is 3.71. The van der Waals surface area contributed by atoms with Crippen molar-refractivity contribution in [3.8, 4) is 0 Å². The van der Waals surface area contributed by atoms with Gasteiger partial charge in [0.15, 0.2) is 6.10 Å². The average molecular weight is 503 g/mol. The van der Waals surface area contributed by atoms with Crippen molar-refractivity contribution in [3.05, 3.63) is 57.8 Å². The molecule has 5 nitrogen and oxygen atoms in total. The van der Waals surface area contributed by atoms with Crippen LogP contribution in [0, 0.1) is 12.3 Å². The van der Waals surface area contributed by atoms with Crippen molar-refractivity contribution in [3.63, 3.8) is 0 Å². The van der Waals surface area contributed by atoms with Crippen LogP contribution in [0.5, 0.6) is 0 Å². The minimum atomic E-state index is -0.867. The number of piperidine rings is 1. The minimum Gasteiger partial charge on any atom is -0.459 e. The molecular formula is C26H35BrN2O3. The van der Waals surface area contributed by atoms with Crippen molar-refractivity contribution < 1.29 is 14.3 Å². The van der Waals surface area contributed by atoms with Crippen LogP contribution in [-0.4, -0.2) is 29.6 Å². The summed E-state index contributed by atoms with van der Waals surface area (Å²) in [4.78, 5) is 20.3. The predicted molar refractivity (Wildman–Crippen MR) is 132 cm³/mol. The van der Waals surface area contributed by atoms with Crippen molar-refractivity contribution in [1.82, 2.24) is 4.98 Å². The van der Waals surface area contributed by atoms with Gasteiger partial charge in [-0.15, -0.1) is 0 Å². The van der Waals surface area contributed by atoms with Crippen LogP contribution in [0.3, 0.4) is 0 Å². The summed E-state index contributed by atoms with van der Waals surface area (Å²) in [5.41, 5.74) is 3.27. The van der Waals surface area contributed by atoms with Gasteiger partial charge in [-0.25, -0.2) is 4.79 Å². The molecule has 3 rings (SSSR count). The van der Waals surface area contributed by atoms with E-state index in [4.69, 9.17) is 9.47 Å². The smallest absolute Gasteiger partial charge is 0.340 e. The van der Waals surface area contributed by atoms with Crippen LogP contribution in [0.1, 0.15) is 70.4 Å². The Morgan fingerprint density at radius 1 is 1.19 bits per heavy atom. The highest BCUT2D eigenvalue weighted by atomic mass is 79.9.